The summed E-state index contributed by atoms with van der Waals surface area (Å²) in [5.74, 6) is 1.40. The molecule has 0 radical (unpaired) electrons. The van der Waals surface area contributed by atoms with Gasteiger partial charge in [0.25, 0.3) is 0 Å². The standard InChI is InChI=1S/C25H29N5O3/c1-33-22-10-6-5-9-21(22)27-25(32)28-23-13-16-26-30(23)20-14-17-29(18-15-20)24(31)12-11-19-7-3-2-4-8-19/h2-10,13,16,20H,11-12,14-15,17-18H2,1H3,(H2,27,28,32). The van der Waals surface area contributed by atoms with Crippen molar-refractivity contribution in [3.63, 3.8) is 0 Å². The molecule has 1 aliphatic rings. The van der Waals surface area contributed by atoms with E-state index in [1.165, 1.54) is 5.56 Å². The van der Waals surface area contributed by atoms with E-state index in [2.05, 4.69) is 27.9 Å². The lowest BCUT2D eigenvalue weighted by molar-refractivity contribution is -0.132. The van der Waals surface area contributed by atoms with Crippen molar-refractivity contribution in [2.45, 2.75) is 31.7 Å². The monoisotopic (exact) mass is 447 g/mol. The van der Waals surface area contributed by atoms with E-state index in [0.717, 1.165) is 19.3 Å². The van der Waals surface area contributed by atoms with Gasteiger partial charge in [-0.1, -0.05) is 42.5 Å². The van der Waals surface area contributed by atoms with Gasteiger partial charge in [-0.05, 0) is 37.0 Å². The van der Waals surface area contributed by atoms with Crippen molar-refractivity contribution in [1.82, 2.24) is 14.7 Å². The maximum absolute atomic E-state index is 12.6. The third kappa shape index (κ3) is 5.71. The summed E-state index contributed by atoms with van der Waals surface area (Å²) in [4.78, 5) is 27.1. The number of para-hydroxylation sites is 2. The van der Waals surface area contributed by atoms with Crippen molar-refractivity contribution in [3.8, 4) is 5.75 Å². The minimum Gasteiger partial charge on any atom is -0.495 e. The smallest absolute Gasteiger partial charge is 0.324 e. The summed E-state index contributed by atoms with van der Waals surface area (Å²) in [6, 6.07) is 18.9. The van der Waals surface area contributed by atoms with Gasteiger partial charge in [-0.15, -0.1) is 0 Å². The molecule has 0 unspecified atom stereocenters. The van der Waals surface area contributed by atoms with E-state index >= 15 is 0 Å². The molecule has 1 aliphatic heterocycles. The van der Waals surface area contributed by atoms with Crippen molar-refractivity contribution >= 4 is 23.4 Å². The lowest BCUT2D eigenvalue weighted by Gasteiger charge is -2.33. The minimum atomic E-state index is -0.366. The number of nitrogens with one attached hydrogen (secondary N) is 2. The molecule has 2 N–H and O–H groups in total. The summed E-state index contributed by atoms with van der Waals surface area (Å²) in [7, 11) is 1.56. The number of carbonyl (C=O) groups is 2. The summed E-state index contributed by atoms with van der Waals surface area (Å²) in [6.45, 7) is 1.37. The summed E-state index contributed by atoms with van der Waals surface area (Å²) < 4.78 is 7.12. The molecule has 2 aromatic carbocycles. The highest BCUT2D eigenvalue weighted by atomic mass is 16.5. The van der Waals surface area contributed by atoms with Crippen LogP contribution in [-0.4, -0.2) is 46.8 Å². The largest absolute Gasteiger partial charge is 0.495 e. The Labute approximate surface area is 193 Å². The van der Waals surface area contributed by atoms with Gasteiger partial charge >= 0.3 is 6.03 Å². The number of hydrogen-bond donors (Lipinski definition) is 2. The number of rotatable bonds is 7. The van der Waals surface area contributed by atoms with Gasteiger partial charge in [0.05, 0.1) is 25.0 Å². The van der Waals surface area contributed by atoms with Crippen LogP contribution in [0.2, 0.25) is 0 Å². The number of benzene rings is 2. The fraction of sp³-hybridized carbons (Fsp3) is 0.320. The third-order valence-corrected chi connectivity index (χ3v) is 5.90. The third-order valence-electron chi connectivity index (χ3n) is 5.90. The number of methoxy groups -OCH3 is 1. The highest BCUT2D eigenvalue weighted by molar-refractivity contribution is 6.00. The van der Waals surface area contributed by atoms with Gasteiger partial charge in [-0.2, -0.15) is 5.10 Å². The molecule has 0 spiro atoms. The second kappa shape index (κ2) is 10.7. The Morgan fingerprint density at radius 1 is 1.00 bits per heavy atom. The zero-order valence-corrected chi connectivity index (χ0v) is 18.7. The van der Waals surface area contributed by atoms with Gasteiger partial charge in [0.1, 0.15) is 11.6 Å². The zero-order chi connectivity index (χ0) is 23.0. The van der Waals surface area contributed by atoms with Gasteiger partial charge in [-0.3, -0.25) is 10.1 Å². The molecule has 1 saturated heterocycles. The maximum Gasteiger partial charge on any atom is 0.324 e. The quantitative estimate of drug-likeness (QED) is 0.564. The van der Waals surface area contributed by atoms with Gasteiger partial charge in [0, 0.05) is 25.6 Å². The molecule has 172 valence electrons. The maximum atomic E-state index is 12.6. The Morgan fingerprint density at radius 2 is 1.73 bits per heavy atom. The van der Waals surface area contributed by atoms with Crippen LogP contribution < -0.4 is 15.4 Å². The molecular formula is C25H29N5O3. The number of aryl methyl sites for hydroxylation is 1. The molecule has 8 nitrogen and oxygen atoms in total. The van der Waals surface area contributed by atoms with Gasteiger partial charge in [0.2, 0.25) is 5.91 Å². The fourth-order valence-corrected chi connectivity index (χ4v) is 4.14. The topological polar surface area (TPSA) is 88.5 Å². The molecule has 3 aromatic rings. The first-order valence-electron chi connectivity index (χ1n) is 11.2. The fourth-order valence-electron chi connectivity index (χ4n) is 4.14. The van der Waals surface area contributed by atoms with Crippen molar-refractivity contribution in [2.24, 2.45) is 0 Å². The van der Waals surface area contributed by atoms with E-state index in [4.69, 9.17) is 4.74 Å². The molecule has 0 saturated carbocycles. The van der Waals surface area contributed by atoms with Crippen molar-refractivity contribution in [1.29, 1.82) is 0 Å². The number of anilines is 2. The average molecular weight is 448 g/mol. The average Bonchev–Trinajstić information content (AvgIpc) is 3.31. The van der Waals surface area contributed by atoms with Gasteiger partial charge in [0.15, 0.2) is 0 Å². The Balaban J connectivity index is 1.29. The Kier molecular flexibility index (Phi) is 7.24. The molecule has 0 bridgehead atoms. The van der Waals surface area contributed by atoms with Crippen LogP contribution in [-0.2, 0) is 11.2 Å². The van der Waals surface area contributed by atoms with Gasteiger partial charge in [-0.25, -0.2) is 9.48 Å². The van der Waals surface area contributed by atoms with Crippen LogP contribution in [0.25, 0.3) is 0 Å². The van der Waals surface area contributed by atoms with Crippen LogP contribution in [0.15, 0.2) is 66.9 Å². The lowest BCUT2D eigenvalue weighted by atomic mass is 10.0. The number of urea groups is 1. The van der Waals surface area contributed by atoms with Crippen molar-refractivity contribution < 1.29 is 14.3 Å². The Hall–Kier alpha value is -3.81. The van der Waals surface area contributed by atoms with Crippen LogP contribution in [0.1, 0.15) is 30.9 Å². The Morgan fingerprint density at radius 3 is 2.48 bits per heavy atom. The minimum absolute atomic E-state index is 0.125. The Bertz CT molecular complexity index is 1070. The number of ether oxygens (including phenoxy) is 1. The SMILES string of the molecule is COc1ccccc1NC(=O)Nc1ccnn1C1CCN(C(=O)CCc2ccccc2)CC1. The summed E-state index contributed by atoms with van der Waals surface area (Å²) >= 11 is 0. The molecule has 1 fully saturated rings. The first kappa shape index (κ1) is 22.4. The van der Waals surface area contributed by atoms with E-state index in [1.807, 2.05) is 39.9 Å². The molecule has 8 heteroatoms. The molecule has 0 aliphatic carbocycles. The van der Waals surface area contributed by atoms with E-state index < -0.39 is 0 Å². The van der Waals surface area contributed by atoms with E-state index in [1.54, 1.807) is 31.5 Å². The number of likely N-dealkylation sites (tertiary alicyclic amines) is 1. The molecule has 4 rings (SSSR count). The van der Waals surface area contributed by atoms with E-state index in [-0.39, 0.29) is 18.0 Å². The second-order valence-electron chi connectivity index (χ2n) is 8.04. The summed E-state index contributed by atoms with van der Waals surface area (Å²) in [6.07, 6.45) is 4.54. The first-order chi connectivity index (χ1) is 16.1. The second-order valence-corrected chi connectivity index (χ2v) is 8.04. The van der Waals surface area contributed by atoms with Crippen LogP contribution in [0.5, 0.6) is 5.75 Å². The van der Waals surface area contributed by atoms with Crippen molar-refractivity contribution in [3.05, 3.63) is 72.4 Å². The number of piperidine rings is 1. The summed E-state index contributed by atoms with van der Waals surface area (Å²) in [5, 5.41) is 10.1. The normalized spacial score (nSPS) is 14.0. The number of hydrogen-bond acceptors (Lipinski definition) is 4. The number of carbonyl (C=O) groups excluding carboxylic acids is 2. The zero-order valence-electron chi connectivity index (χ0n) is 18.7. The molecule has 33 heavy (non-hydrogen) atoms. The predicted molar refractivity (Wildman–Crippen MR) is 127 cm³/mol. The van der Waals surface area contributed by atoms with Crippen LogP contribution in [0.3, 0.4) is 0 Å². The van der Waals surface area contributed by atoms with Crippen LogP contribution in [0, 0.1) is 0 Å². The van der Waals surface area contributed by atoms with Crippen LogP contribution >= 0.6 is 0 Å². The number of aromatic nitrogens is 2. The molecule has 1 aromatic heterocycles. The number of nitrogens with zero attached hydrogens (tertiary/aromatic N) is 3. The molecule has 3 amide bonds. The van der Waals surface area contributed by atoms with E-state index in [9.17, 15) is 9.59 Å². The van der Waals surface area contributed by atoms with Crippen LogP contribution in [0.4, 0.5) is 16.3 Å². The lowest BCUT2D eigenvalue weighted by Crippen LogP contribution is -2.39. The molecular weight excluding hydrogens is 418 g/mol. The first-order valence-corrected chi connectivity index (χ1v) is 11.2. The predicted octanol–water partition coefficient (Wildman–Crippen LogP) is 4.33. The summed E-state index contributed by atoms with van der Waals surface area (Å²) in [5.41, 5.74) is 1.77. The number of amides is 3. The molecule has 0 atom stereocenters. The van der Waals surface area contributed by atoms with Crippen molar-refractivity contribution in [2.75, 3.05) is 30.8 Å². The highest BCUT2D eigenvalue weighted by Gasteiger charge is 2.25. The highest BCUT2D eigenvalue weighted by Crippen LogP contribution is 2.27. The van der Waals surface area contributed by atoms with E-state index in [0.29, 0.717) is 36.8 Å². The molecule has 2 heterocycles. The van der Waals surface area contributed by atoms with Gasteiger partial charge < -0.3 is 15.0 Å².